The second kappa shape index (κ2) is 11.0. The second-order valence-electron chi connectivity index (χ2n) is 9.62. The summed E-state index contributed by atoms with van der Waals surface area (Å²) in [5.41, 5.74) is 4.02. The van der Waals surface area contributed by atoms with Crippen molar-refractivity contribution in [1.29, 1.82) is 0 Å². The normalized spacial score (nSPS) is 14.5. The van der Waals surface area contributed by atoms with E-state index < -0.39 is 0 Å². The predicted octanol–water partition coefficient (Wildman–Crippen LogP) is 7.13. The molecule has 1 aliphatic rings. The highest BCUT2D eigenvalue weighted by Gasteiger charge is 2.31. The number of aromatic nitrogens is 5. The third kappa shape index (κ3) is 5.16. The molecule has 3 aromatic heterocycles. The Morgan fingerprint density at radius 2 is 1.92 bits per heavy atom. The maximum atomic E-state index is 13.8. The number of benzene rings is 2. The Morgan fingerprint density at radius 1 is 1.08 bits per heavy atom. The van der Waals surface area contributed by atoms with Gasteiger partial charge in [-0.1, -0.05) is 43.1 Å². The summed E-state index contributed by atoms with van der Waals surface area (Å²) in [4.78, 5) is 18.9. The summed E-state index contributed by atoms with van der Waals surface area (Å²) in [6.45, 7) is 3.31. The fourth-order valence-electron chi connectivity index (χ4n) is 4.99. The van der Waals surface area contributed by atoms with Crippen molar-refractivity contribution in [3.63, 3.8) is 0 Å². The molecule has 0 radical (unpaired) electrons. The summed E-state index contributed by atoms with van der Waals surface area (Å²) in [6, 6.07) is 18.0. The Balaban J connectivity index is 1.36. The van der Waals surface area contributed by atoms with Gasteiger partial charge in [0.1, 0.15) is 23.3 Å². The van der Waals surface area contributed by atoms with Crippen LogP contribution in [0.5, 0.6) is 5.88 Å². The largest absolute Gasteiger partial charge is 0.474 e. The van der Waals surface area contributed by atoms with Gasteiger partial charge in [0.05, 0.1) is 28.6 Å². The van der Waals surface area contributed by atoms with Crippen molar-refractivity contribution in [2.45, 2.75) is 38.6 Å². The zero-order chi connectivity index (χ0) is 26.8. The first-order valence-electron chi connectivity index (χ1n) is 13.2. The lowest BCUT2D eigenvalue weighted by Gasteiger charge is -2.18. The fourth-order valence-corrected chi connectivity index (χ4v) is 5.20. The lowest BCUT2D eigenvalue weighted by Crippen LogP contribution is -2.16. The molecule has 1 atom stereocenters. The first-order valence-corrected chi connectivity index (χ1v) is 13.6. The van der Waals surface area contributed by atoms with Gasteiger partial charge in [-0.15, -0.1) is 0 Å². The Labute approximate surface area is 231 Å². The summed E-state index contributed by atoms with van der Waals surface area (Å²) in [5.74, 6) is 1.63. The quantitative estimate of drug-likeness (QED) is 0.200. The van der Waals surface area contributed by atoms with Crippen molar-refractivity contribution in [2.75, 3.05) is 18.5 Å². The molecule has 0 fully saturated rings. The van der Waals surface area contributed by atoms with Gasteiger partial charge in [-0.25, -0.2) is 24.3 Å². The lowest BCUT2D eigenvalue weighted by molar-refractivity contribution is 0.248. The van der Waals surface area contributed by atoms with E-state index in [1.807, 2.05) is 36.4 Å². The van der Waals surface area contributed by atoms with Crippen molar-refractivity contribution in [3.8, 4) is 28.5 Å². The van der Waals surface area contributed by atoms with Gasteiger partial charge < -0.3 is 14.6 Å². The molecule has 198 valence electrons. The number of rotatable bonds is 9. The van der Waals surface area contributed by atoms with Crippen LogP contribution < -0.4 is 10.1 Å². The molecule has 0 unspecified atom stereocenters. The van der Waals surface area contributed by atoms with Gasteiger partial charge in [-0.3, -0.25) is 0 Å². The van der Waals surface area contributed by atoms with E-state index in [4.69, 9.17) is 26.3 Å². The molecule has 9 heteroatoms. The van der Waals surface area contributed by atoms with Crippen molar-refractivity contribution in [2.24, 2.45) is 0 Å². The summed E-state index contributed by atoms with van der Waals surface area (Å²) in [7, 11) is 0. The highest BCUT2D eigenvalue weighted by molar-refractivity contribution is 6.32. The second-order valence-corrected chi connectivity index (χ2v) is 10.0. The van der Waals surface area contributed by atoms with Crippen LogP contribution in [0.1, 0.15) is 38.1 Å². The zero-order valence-corrected chi connectivity index (χ0v) is 22.3. The number of unbranched alkanes of at least 4 members (excludes halogenated alkanes) is 1. The van der Waals surface area contributed by atoms with Gasteiger partial charge in [0.25, 0.3) is 0 Å². The molecule has 1 aliphatic heterocycles. The van der Waals surface area contributed by atoms with Gasteiger partial charge in [0, 0.05) is 30.1 Å². The van der Waals surface area contributed by atoms with E-state index in [-0.39, 0.29) is 11.9 Å². The standard InChI is InChI=1S/C30H28ClFN6O/c1-2-3-15-33-30-34-16-14-25(36-30)28-27(19-8-10-21(32)11-9-19)37-26-13-12-22(38(26)28)18-39-29-23(31)17-20-6-4-5-7-24(20)35-29/h4-11,14,16-17,22H,2-3,12-13,15,18H2,1H3,(H,33,34,36)/t22-/m0/s1. The van der Waals surface area contributed by atoms with E-state index in [0.717, 1.165) is 71.6 Å². The molecule has 0 bridgehead atoms. The highest BCUT2D eigenvalue weighted by Crippen LogP contribution is 2.40. The maximum absolute atomic E-state index is 13.8. The number of pyridine rings is 1. The van der Waals surface area contributed by atoms with Crippen LogP contribution in [-0.2, 0) is 6.42 Å². The number of ether oxygens (including phenoxy) is 1. The monoisotopic (exact) mass is 542 g/mol. The number of fused-ring (bicyclic) bond motifs is 2. The molecule has 7 nitrogen and oxygen atoms in total. The molecule has 0 amide bonds. The molecular formula is C30H28ClFN6O. The van der Waals surface area contributed by atoms with Gasteiger partial charge in [-0.2, -0.15) is 0 Å². The van der Waals surface area contributed by atoms with Gasteiger partial charge in [0.15, 0.2) is 0 Å². The third-order valence-corrected chi connectivity index (χ3v) is 7.21. The minimum Gasteiger partial charge on any atom is -0.474 e. The fraction of sp³-hybridized carbons (Fsp3) is 0.267. The topological polar surface area (TPSA) is 77.8 Å². The zero-order valence-electron chi connectivity index (χ0n) is 21.6. The smallest absolute Gasteiger partial charge is 0.233 e. The Kier molecular flexibility index (Phi) is 7.11. The molecule has 1 N–H and O–H groups in total. The van der Waals surface area contributed by atoms with Crippen LogP contribution in [0, 0.1) is 5.82 Å². The van der Waals surface area contributed by atoms with Crippen molar-refractivity contribution < 1.29 is 9.13 Å². The van der Waals surface area contributed by atoms with Crippen molar-refractivity contribution >= 4 is 28.5 Å². The number of hydrogen-bond acceptors (Lipinski definition) is 6. The number of nitrogens with zero attached hydrogens (tertiary/aromatic N) is 5. The number of nitrogens with one attached hydrogen (secondary N) is 1. The molecule has 5 aromatic rings. The molecule has 0 saturated heterocycles. The van der Waals surface area contributed by atoms with E-state index in [9.17, 15) is 4.39 Å². The highest BCUT2D eigenvalue weighted by atomic mass is 35.5. The number of anilines is 1. The summed E-state index contributed by atoms with van der Waals surface area (Å²) < 4.78 is 22.2. The van der Waals surface area contributed by atoms with E-state index in [1.54, 1.807) is 18.3 Å². The van der Waals surface area contributed by atoms with E-state index in [0.29, 0.717) is 23.5 Å². The van der Waals surface area contributed by atoms with Crippen LogP contribution in [0.4, 0.5) is 10.3 Å². The number of imidazole rings is 1. The van der Waals surface area contributed by atoms with Gasteiger partial charge >= 0.3 is 0 Å². The number of para-hydroxylation sites is 1. The molecule has 4 heterocycles. The summed E-state index contributed by atoms with van der Waals surface area (Å²) in [6.07, 6.45) is 5.51. The molecule has 0 saturated carbocycles. The summed E-state index contributed by atoms with van der Waals surface area (Å²) in [5, 5.41) is 4.75. The van der Waals surface area contributed by atoms with E-state index >= 15 is 0 Å². The van der Waals surface area contributed by atoms with Crippen LogP contribution >= 0.6 is 11.6 Å². The van der Waals surface area contributed by atoms with E-state index in [2.05, 4.69) is 26.8 Å². The summed E-state index contributed by atoms with van der Waals surface area (Å²) >= 11 is 6.52. The predicted molar refractivity (Wildman–Crippen MR) is 152 cm³/mol. The number of aryl methyl sites for hydroxylation is 1. The molecule has 39 heavy (non-hydrogen) atoms. The minimum absolute atomic E-state index is 0.00694. The molecule has 0 aliphatic carbocycles. The SMILES string of the molecule is CCCCNc1nccc(-c2c(-c3ccc(F)cc3)nc3n2[C@H](COc2nc4ccccc4cc2Cl)CC3)n1. The Hall–Kier alpha value is -4.04. The maximum Gasteiger partial charge on any atom is 0.233 e. The average molecular weight is 543 g/mol. The van der Waals surface area contributed by atoms with Crippen LogP contribution in [0.15, 0.2) is 66.9 Å². The minimum atomic E-state index is -0.289. The Morgan fingerprint density at radius 3 is 2.77 bits per heavy atom. The average Bonchev–Trinajstić information content (AvgIpc) is 3.52. The third-order valence-electron chi connectivity index (χ3n) is 6.94. The molecule has 2 aromatic carbocycles. The first kappa shape index (κ1) is 25.2. The van der Waals surface area contributed by atoms with E-state index in [1.165, 1.54) is 12.1 Å². The first-order chi connectivity index (χ1) is 19.1. The Bertz CT molecular complexity index is 1620. The van der Waals surface area contributed by atoms with Gasteiger partial charge in [-0.05, 0) is 55.3 Å². The van der Waals surface area contributed by atoms with Crippen LogP contribution in [0.25, 0.3) is 33.5 Å². The lowest BCUT2D eigenvalue weighted by atomic mass is 10.1. The van der Waals surface area contributed by atoms with Crippen LogP contribution in [-0.4, -0.2) is 37.7 Å². The molecule has 6 rings (SSSR count). The van der Waals surface area contributed by atoms with Crippen LogP contribution in [0.3, 0.4) is 0 Å². The molecular weight excluding hydrogens is 515 g/mol. The van der Waals surface area contributed by atoms with Gasteiger partial charge in [0.2, 0.25) is 11.8 Å². The molecule has 0 spiro atoms. The number of halogens is 2. The number of hydrogen-bond donors (Lipinski definition) is 1. The van der Waals surface area contributed by atoms with Crippen molar-refractivity contribution in [1.82, 2.24) is 24.5 Å². The van der Waals surface area contributed by atoms with Crippen LogP contribution in [0.2, 0.25) is 5.02 Å². The van der Waals surface area contributed by atoms with Crippen molar-refractivity contribution in [3.05, 3.63) is 83.5 Å².